The van der Waals surface area contributed by atoms with Gasteiger partial charge in [-0.15, -0.1) is 0 Å². The summed E-state index contributed by atoms with van der Waals surface area (Å²) in [6.07, 6.45) is 4.63. The van der Waals surface area contributed by atoms with Crippen molar-refractivity contribution in [3.05, 3.63) is 59.9 Å². The molecule has 0 atom stereocenters. The van der Waals surface area contributed by atoms with Gasteiger partial charge in [-0.2, -0.15) is 0 Å². The van der Waals surface area contributed by atoms with Crippen molar-refractivity contribution in [3.63, 3.8) is 0 Å². The van der Waals surface area contributed by atoms with Gasteiger partial charge in [0.1, 0.15) is 5.75 Å². The highest BCUT2D eigenvalue weighted by atomic mass is 16.3. The quantitative estimate of drug-likeness (QED) is 0.770. The van der Waals surface area contributed by atoms with Crippen LogP contribution in [0.2, 0.25) is 0 Å². The van der Waals surface area contributed by atoms with Crippen LogP contribution >= 0.6 is 0 Å². The average Bonchev–Trinajstić information content (AvgIpc) is 2.38. The summed E-state index contributed by atoms with van der Waals surface area (Å²) < 4.78 is 0. The summed E-state index contributed by atoms with van der Waals surface area (Å²) in [6, 6.07) is 11.3. The SMILES string of the molecule is Oc1ccc(CNCCc2ccncc2)cc1. The maximum absolute atomic E-state index is 9.15. The number of pyridine rings is 1. The Morgan fingerprint density at radius 2 is 1.65 bits per heavy atom. The van der Waals surface area contributed by atoms with E-state index in [1.165, 1.54) is 11.1 Å². The number of phenols is 1. The highest BCUT2D eigenvalue weighted by Crippen LogP contribution is 2.09. The average molecular weight is 228 g/mol. The Kier molecular flexibility index (Phi) is 4.11. The van der Waals surface area contributed by atoms with Gasteiger partial charge >= 0.3 is 0 Å². The van der Waals surface area contributed by atoms with E-state index in [9.17, 15) is 0 Å². The molecular weight excluding hydrogens is 212 g/mol. The van der Waals surface area contributed by atoms with Crippen LogP contribution in [0, 0.1) is 0 Å². The topological polar surface area (TPSA) is 45.1 Å². The van der Waals surface area contributed by atoms with Gasteiger partial charge < -0.3 is 10.4 Å². The summed E-state index contributed by atoms with van der Waals surface area (Å²) >= 11 is 0. The van der Waals surface area contributed by atoms with Crippen LogP contribution in [0.4, 0.5) is 0 Å². The zero-order valence-corrected chi connectivity index (χ0v) is 9.63. The molecular formula is C14H16N2O. The Bertz CT molecular complexity index is 440. The molecule has 2 aromatic rings. The molecule has 88 valence electrons. The number of hydrogen-bond acceptors (Lipinski definition) is 3. The lowest BCUT2D eigenvalue weighted by Crippen LogP contribution is -2.16. The molecule has 0 radical (unpaired) electrons. The third-order valence-electron chi connectivity index (χ3n) is 2.61. The normalized spacial score (nSPS) is 10.4. The Labute approximate surface area is 101 Å². The fraction of sp³-hybridized carbons (Fsp3) is 0.214. The van der Waals surface area contributed by atoms with E-state index in [-0.39, 0.29) is 0 Å². The van der Waals surface area contributed by atoms with Gasteiger partial charge in [0, 0.05) is 18.9 Å². The van der Waals surface area contributed by atoms with Crippen molar-refractivity contribution in [3.8, 4) is 5.75 Å². The summed E-state index contributed by atoms with van der Waals surface area (Å²) in [5.41, 5.74) is 2.47. The lowest BCUT2D eigenvalue weighted by atomic mass is 10.2. The summed E-state index contributed by atoms with van der Waals surface area (Å²) in [4.78, 5) is 3.99. The van der Waals surface area contributed by atoms with Gasteiger partial charge in [0.05, 0.1) is 0 Å². The molecule has 0 saturated carbocycles. The van der Waals surface area contributed by atoms with E-state index in [4.69, 9.17) is 5.11 Å². The van der Waals surface area contributed by atoms with E-state index in [0.717, 1.165) is 19.5 Å². The molecule has 2 rings (SSSR count). The maximum atomic E-state index is 9.15. The van der Waals surface area contributed by atoms with Gasteiger partial charge in [0.25, 0.3) is 0 Å². The van der Waals surface area contributed by atoms with Crippen molar-refractivity contribution in [1.82, 2.24) is 10.3 Å². The standard InChI is InChI=1S/C14H16N2O/c17-14-3-1-13(2-4-14)11-16-10-7-12-5-8-15-9-6-12/h1-6,8-9,16-17H,7,10-11H2. The van der Waals surface area contributed by atoms with Crippen LogP contribution in [0.15, 0.2) is 48.8 Å². The molecule has 0 aliphatic rings. The first-order chi connectivity index (χ1) is 8.34. The van der Waals surface area contributed by atoms with Crippen LogP contribution in [-0.4, -0.2) is 16.6 Å². The highest BCUT2D eigenvalue weighted by molar-refractivity contribution is 5.25. The van der Waals surface area contributed by atoms with Crippen molar-refractivity contribution in [2.75, 3.05) is 6.54 Å². The predicted molar refractivity (Wildman–Crippen MR) is 67.8 cm³/mol. The molecule has 3 nitrogen and oxygen atoms in total. The summed E-state index contributed by atoms with van der Waals surface area (Å²) in [6.45, 7) is 1.76. The largest absolute Gasteiger partial charge is 0.508 e. The number of rotatable bonds is 5. The maximum Gasteiger partial charge on any atom is 0.115 e. The molecule has 0 spiro atoms. The minimum atomic E-state index is 0.311. The number of phenolic OH excluding ortho intramolecular Hbond substituents is 1. The van der Waals surface area contributed by atoms with E-state index < -0.39 is 0 Å². The highest BCUT2D eigenvalue weighted by Gasteiger charge is 1.94. The molecule has 1 aromatic heterocycles. The Hall–Kier alpha value is -1.87. The summed E-state index contributed by atoms with van der Waals surface area (Å²) in [5, 5.41) is 12.5. The Morgan fingerprint density at radius 1 is 0.941 bits per heavy atom. The molecule has 3 heteroatoms. The van der Waals surface area contributed by atoms with Gasteiger partial charge in [-0.25, -0.2) is 0 Å². The smallest absolute Gasteiger partial charge is 0.115 e. The van der Waals surface area contributed by atoms with E-state index in [1.54, 1.807) is 12.1 Å². The van der Waals surface area contributed by atoms with Gasteiger partial charge in [-0.1, -0.05) is 12.1 Å². The van der Waals surface area contributed by atoms with Gasteiger partial charge in [0.2, 0.25) is 0 Å². The van der Waals surface area contributed by atoms with E-state index in [1.807, 2.05) is 36.7 Å². The minimum Gasteiger partial charge on any atom is -0.508 e. The predicted octanol–water partition coefficient (Wildman–Crippen LogP) is 2.12. The molecule has 0 unspecified atom stereocenters. The fourth-order valence-corrected chi connectivity index (χ4v) is 1.63. The van der Waals surface area contributed by atoms with Crippen molar-refractivity contribution in [1.29, 1.82) is 0 Å². The van der Waals surface area contributed by atoms with Crippen LogP contribution in [0.1, 0.15) is 11.1 Å². The molecule has 0 saturated heterocycles. The number of nitrogens with zero attached hydrogens (tertiary/aromatic N) is 1. The molecule has 0 amide bonds. The second-order valence-corrected chi connectivity index (χ2v) is 3.95. The number of benzene rings is 1. The van der Waals surface area contributed by atoms with Crippen LogP contribution in [0.3, 0.4) is 0 Å². The third kappa shape index (κ3) is 3.89. The van der Waals surface area contributed by atoms with Crippen LogP contribution in [0.5, 0.6) is 5.75 Å². The van der Waals surface area contributed by atoms with Crippen molar-refractivity contribution in [2.45, 2.75) is 13.0 Å². The van der Waals surface area contributed by atoms with Gasteiger partial charge in [-0.3, -0.25) is 4.98 Å². The van der Waals surface area contributed by atoms with E-state index >= 15 is 0 Å². The minimum absolute atomic E-state index is 0.311. The lowest BCUT2D eigenvalue weighted by Gasteiger charge is -2.05. The number of aromatic nitrogens is 1. The van der Waals surface area contributed by atoms with Crippen LogP contribution in [0.25, 0.3) is 0 Å². The first kappa shape index (κ1) is 11.6. The van der Waals surface area contributed by atoms with Crippen LogP contribution < -0.4 is 5.32 Å². The first-order valence-corrected chi connectivity index (χ1v) is 5.72. The van der Waals surface area contributed by atoms with E-state index in [0.29, 0.717) is 5.75 Å². The summed E-state index contributed by atoms with van der Waals surface area (Å²) in [5.74, 6) is 0.311. The second-order valence-electron chi connectivity index (χ2n) is 3.95. The first-order valence-electron chi connectivity index (χ1n) is 5.72. The molecule has 1 heterocycles. The molecule has 0 bridgehead atoms. The fourth-order valence-electron chi connectivity index (χ4n) is 1.63. The molecule has 0 fully saturated rings. The molecule has 2 N–H and O–H groups in total. The third-order valence-corrected chi connectivity index (χ3v) is 2.61. The van der Waals surface area contributed by atoms with Crippen molar-refractivity contribution < 1.29 is 5.11 Å². The van der Waals surface area contributed by atoms with Gasteiger partial charge in [-0.05, 0) is 48.4 Å². The Balaban J connectivity index is 1.71. The molecule has 17 heavy (non-hydrogen) atoms. The molecule has 0 aliphatic heterocycles. The number of nitrogens with one attached hydrogen (secondary N) is 1. The monoisotopic (exact) mass is 228 g/mol. The second kappa shape index (κ2) is 6.01. The van der Waals surface area contributed by atoms with Crippen molar-refractivity contribution in [2.24, 2.45) is 0 Å². The zero-order chi connectivity index (χ0) is 11.9. The lowest BCUT2D eigenvalue weighted by molar-refractivity contribution is 0.475. The number of aromatic hydroxyl groups is 1. The zero-order valence-electron chi connectivity index (χ0n) is 9.63. The molecule has 1 aromatic carbocycles. The number of hydrogen-bond donors (Lipinski definition) is 2. The molecule has 0 aliphatic carbocycles. The van der Waals surface area contributed by atoms with Gasteiger partial charge in [0.15, 0.2) is 0 Å². The summed E-state index contributed by atoms with van der Waals surface area (Å²) in [7, 11) is 0. The Morgan fingerprint density at radius 3 is 2.35 bits per heavy atom. The van der Waals surface area contributed by atoms with Crippen molar-refractivity contribution >= 4 is 0 Å². The van der Waals surface area contributed by atoms with Crippen LogP contribution in [-0.2, 0) is 13.0 Å². The van der Waals surface area contributed by atoms with E-state index in [2.05, 4.69) is 10.3 Å².